The van der Waals surface area contributed by atoms with E-state index in [9.17, 15) is 13.9 Å². The van der Waals surface area contributed by atoms with Crippen molar-refractivity contribution in [3.63, 3.8) is 0 Å². The van der Waals surface area contributed by atoms with Crippen molar-refractivity contribution in [2.75, 3.05) is 5.73 Å². The predicted octanol–water partition coefficient (Wildman–Crippen LogP) is 2.80. The van der Waals surface area contributed by atoms with Gasteiger partial charge in [-0.05, 0) is 18.2 Å². The van der Waals surface area contributed by atoms with Crippen LogP contribution in [-0.2, 0) is 0 Å². The van der Waals surface area contributed by atoms with Gasteiger partial charge in [-0.15, -0.1) is 0 Å². The van der Waals surface area contributed by atoms with Gasteiger partial charge in [0.1, 0.15) is 11.6 Å². The molecule has 4 N–H and O–H groups in total. The van der Waals surface area contributed by atoms with Gasteiger partial charge in [-0.2, -0.15) is 0 Å². The van der Waals surface area contributed by atoms with Crippen molar-refractivity contribution < 1.29 is 13.9 Å². The first-order valence-electron chi connectivity index (χ1n) is 5.48. The van der Waals surface area contributed by atoms with E-state index in [1.54, 1.807) is 6.07 Å². The SMILES string of the molecule is Nc1ccc(-c2nc3cc(F)c(F)cc3[nH]2)cc1O. The summed E-state index contributed by atoms with van der Waals surface area (Å²) in [5, 5.41) is 9.54. The van der Waals surface area contributed by atoms with Crippen LogP contribution in [0.2, 0.25) is 0 Å². The number of halogens is 2. The summed E-state index contributed by atoms with van der Waals surface area (Å²) in [6, 6.07) is 6.67. The Kier molecular flexibility index (Phi) is 2.38. The van der Waals surface area contributed by atoms with Crippen molar-refractivity contribution >= 4 is 16.7 Å². The van der Waals surface area contributed by atoms with E-state index in [0.29, 0.717) is 22.4 Å². The van der Waals surface area contributed by atoms with Gasteiger partial charge in [0.2, 0.25) is 0 Å². The van der Waals surface area contributed by atoms with Crippen molar-refractivity contribution in [1.82, 2.24) is 9.97 Å². The fourth-order valence-electron chi connectivity index (χ4n) is 1.83. The third-order valence-electron chi connectivity index (χ3n) is 2.83. The van der Waals surface area contributed by atoms with E-state index < -0.39 is 11.6 Å². The third-order valence-corrected chi connectivity index (χ3v) is 2.83. The van der Waals surface area contributed by atoms with Crippen LogP contribution in [0.4, 0.5) is 14.5 Å². The van der Waals surface area contributed by atoms with Crippen LogP contribution in [0.1, 0.15) is 0 Å². The number of fused-ring (bicyclic) bond motifs is 1. The number of nitrogens with one attached hydrogen (secondary N) is 1. The maximum Gasteiger partial charge on any atom is 0.161 e. The van der Waals surface area contributed by atoms with Gasteiger partial charge in [0.25, 0.3) is 0 Å². The molecule has 0 atom stereocenters. The summed E-state index contributed by atoms with van der Waals surface area (Å²) in [4.78, 5) is 7.00. The van der Waals surface area contributed by atoms with Gasteiger partial charge < -0.3 is 15.8 Å². The van der Waals surface area contributed by atoms with Crippen LogP contribution in [0, 0.1) is 11.6 Å². The van der Waals surface area contributed by atoms with Gasteiger partial charge in [-0.3, -0.25) is 0 Å². The van der Waals surface area contributed by atoms with Gasteiger partial charge in [-0.1, -0.05) is 0 Å². The van der Waals surface area contributed by atoms with Crippen LogP contribution in [0.5, 0.6) is 5.75 Å². The molecule has 2 aromatic carbocycles. The van der Waals surface area contributed by atoms with Crippen molar-refractivity contribution in [1.29, 1.82) is 0 Å². The number of aromatic amines is 1. The van der Waals surface area contributed by atoms with Crippen LogP contribution in [0.25, 0.3) is 22.4 Å². The van der Waals surface area contributed by atoms with E-state index in [4.69, 9.17) is 5.73 Å². The molecule has 0 saturated heterocycles. The quantitative estimate of drug-likeness (QED) is 0.465. The van der Waals surface area contributed by atoms with Gasteiger partial charge in [0.15, 0.2) is 11.6 Å². The number of rotatable bonds is 1. The first-order chi connectivity index (χ1) is 9.04. The van der Waals surface area contributed by atoms with Crippen LogP contribution in [0.15, 0.2) is 30.3 Å². The van der Waals surface area contributed by atoms with E-state index >= 15 is 0 Å². The summed E-state index contributed by atoms with van der Waals surface area (Å²) in [6.45, 7) is 0. The highest BCUT2D eigenvalue weighted by Gasteiger charge is 2.10. The molecular formula is C13H9F2N3O. The first-order valence-corrected chi connectivity index (χ1v) is 5.48. The molecular weight excluding hydrogens is 252 g/mol. The van der Waals surface area contributed by atoms with E-state index in [0.717, 1.165) is 12.1 Å². The summed E-state index contributed by atoms with van der Waals surface area (Å²) >= 11 is 0. The Morgan fingerprint density at radius 3 is 2.58 bits per heavy atom. The molecule has 0 saturated carbocycles. The van der Waals surface area contributed by atoms with Crippen LogP contribution < -0.4 is 5.73 Å². The Labute approximate surface area is 106 Å². The van der Waals surface area contributed by atoms with E-state index in [-0.39, 0.29) is 11.4 Å². The molecule has 3 rings (SSSR count). The molecule has 0 aliphatic carbocycles. The molecule has 0 amide bonds. The number of phenolic OH excluding ortho intramolecular Hbond substituents is 1. The Bertz CT molecular complexity index is 744. The van der Waals surface area contributed by atoms with Crippen LogP contribution in [0.3, 0.4) is 0 Å². The largest absolute Gasteiger partial charge is 0.506 e. The molecule has 1 heterocycles. The number of benzene rings is 2. The molecule has 6 heteroatoms. The Hall–Kier alpha value is -2.63. The molecule has 0 spiro atoms. The molecule has 3 aromatic rings. The molecule has 0 bridgehead atoms. The number of phenols is 1. The van der Waals surface area contributed by atoms with Crippen LogP contribution in [-0.4, -0.2) is 15.1 Å². The second-order valence-corrected chi connectivity index (χ2v) is 4.14. The molecule has 0 aliphatic heterocycles. The summed E-state index contributed by atoms with van der Waals surface area (Å²) in [5.74, 6) is -1.57. The lowest BCUT2D eigenvalue weighted by atomic mass is 10.2. The van der Waals surface area contributed by atoms with Gasteiger partial charge >= 0.3 is 0 Å². The summed E-state index contributed by atoms with van der Waals surface area (Å²) in [5.41, 5.74) is 7.01. The van der Waals surface area contributed by atoms with E-state index in [2.05, 4.69) is 9.97 Å². The number of aromatic nitrogens is 2. The lowest BCUT2D eigenvalue weighted by Gasteiger charge is -2.00. The molecule has 4 nitrogen and oxygen atoms in total. The zero-order valence-electron chi connectivity index (χ0n) is 9.61. The number of hydrogen-bond acceptors (Lipinski definition) is 3. The van der Waals surface area contributed by atoms with Crippen molar-refractivity contribution in [3.05, 3.63) is 42.0 Å². The lowest BCUT2D eigenvalue weighted by Crippen LogP contribution is -1.86. The minimum atomic E-state index is -0.953. The number of H-pyrrole nitrogens is 1. The average Bonchev–Trinajstić information content (AvgIpc) is 2.76. The number of anilines is 1. The first kappa shape index (κ1) is 11.5. The van der Waals surface area contributed by atoms with Crippen molar-refractivity contribution in [3.8, 4) is 17.1 Å². The fraction of sp³-hybridized carbons (Fsp3) is 0. The molecule has 0 radical (unpaired) electrons. The number of imidazole rings is 1. The molecule has 0 fully saturated rings. The van der Waals surface area contributed by atoms with Gasteiger partial charge in [-0.25, -0.2) is 13.8 Å². The number of nitrogens with zero attached hydrogens (tertiary/aromatic N) is 1. The third kappa shape index (κ3) is 1.87. The lowest BCUT2D eigenvalue weighted by molar-refractivity contribution is 0.478. The van der Waals surface area contributed by atoms with E-state index in [1.807, 2.05) is 0 Å². The minimum absolute atomic E-state index is 0.0738. The summed E-state index contributed by atoms with van der Waals surface area (Å²) < 4.78 is 26.2. The smallest absolute Gasteiger partial charge is 0.161 e. The number of nitrogens with two attached hydrogens (primary N) is 1. The van der Waals surface area contributed by atoms with Crippen molar-refractivity contribution in [2.24, 2.45) is 0 Å². The van der Waals surface area contributed by atoms with Gasteiger partial charge in [0.05, 0.1) is 16.7 Å². The maximum atomic E-state index is 13.1. The predicted molar refractivity (Wildman–Crippen MR) is 67.5 cm³/mol. The summed E-state index contributed by atoms with van der Waals surface area (Å²) in [6.07, 6.45) is 0. The molecule has 1 aromatic heterocycles. The second-order valence-electron chi connectivity index (χ2n) is 4.14. The number of nitrogen functional groups attached to an aromatic ring is 1. The van der Waals surface area contributed by atoms with E-state index in [1.165, 1.54) is 12.1 Å². The van der Waals surface area contributed by atoms with Gasteiger partial charge in [0, 0.05) is 17.7 Å². The monoisotopic (exact) mass is 261 g/mol. The zero-order valence-corrected chi connectivity index (χ0v) is 9.61. The number of aromatic hydroxyl groups is 1. The summed E-state index contributed by atoms with van der Waals surface area (Å²) in [7, 11) is 0. The number of hydrogen-bond donors (Lipinski definition) is 3. The molecule has 0 aliphatic rings. The highest BCUT2D eigenvalue weighted by atomic mass is 19.2. The molecule has 0 unspecified atom stereocenters. The maximum absolute atomic E-state index is 13.1. The topological polar surface area (TPSA) is 74.9 Å². The Morgan fingerprint density at radius 1 is 1.11 bits per heavy atom. The Morgan fingerprint density at radius 2 is 1.84 bits per heavy atom. The minimum Gasteiger partial charge on any atom is -0.506 e. The standard InChI is InChI=1S/C13H9F2N3O/c14-7-4-10-11(5-8(7)15)18-13(17-10)6-1-2-9(16)12(19)3-6/h1-5,19H,16H2,(H,17,18). The Balaban J connectivity index is 2.17. The zero-order chi connectivity index (χ0) is 13.6. The second kappa shape index (κ2) is 3.94. The van der Waals surface area contributed by atoms with Crippen molar-refractivity contribution in [2.45, 2.75) is 0 Å². The fourth-order valence-corrected chi connectivity index (χ4v) is 1.83. The normalized spacial score (nSPS) is 11.1. The van der Waals surface area contributed by atoms with Crippen LogP contribution >= 0.6 is 0 Å². The average molecular weight is 261 g/mol. The highest BCUT2D eigenvalue weighted by Crippen LogP contribution is 2.28. The highest BCUT2D eigenvalue weighted by molar-refractivity contribution is 5.80. The molecule has 19 heavy (non-hydrogen) atoms. The molecule has 96 valence electrons.